The van der Waals surface area contributed by atoms with Crippen molar-refractivity contribution in [2.24, 2.45) is 11.3 Å². The number of likely N-dealkylation sites (tertiary alicyclic amines) is 1. The summed E-state index contributed by atoms with van der Waals surface area (Å²) in [6.45, 7) is 4.87. The lowest BCUT2D eigenvalue weighted by Gasteiger charge is -2.37. The Hall–Kier alpha value is -1.10. The van der Waals surface area contributed by atoms with E-state index in [1.165, 1.54) is 12.8 Å². The fourth-order valence-electron chi connectivity index (χ4n) is 4.66. The normalized spacial score (nSPS) is 26.9. The molecule has 2 saturated heterocycles. The van der Waals surface area contributed by atoms with Gasteiger partial charge in [-0.3, -0.25) is 9.59 Å². The Morgan fingerprint density at radius 3 is 2.58 bits per heavy atom. The van der Waals surface area contributed by atoms with E-state index < -0.39 is 0 Å². The molecule has 1 N–H and O–H groups in total. The summed E-state index contributed by atoms with van der Waals surface area (Å²) < 4.78 is 5.54. The van der Waals surface area contributed by atoms with Crippen molar-refractivity contribution in [1.29, 1.82) is 0 Å². The number of hydrogen-bond donors (Lipinski definition) is 1. The maximum absolute atomic E-state index is 13.0. The molecule has 3 rings (SSSR count). The van der Waals surface area contributed by atoms with Gasteiger partial charge in [-0.1, -0.05) is 26.2 Å². The van der Waals surface area contributed by atoms with E-state index in [-0.39, 0.29) is 23.1 Å². The fraction of sp³-hybridized carbons (Fsp3) is 0.895. The molecular formula is C19H32N2O3. The van der Waals surface area contributed by atoms with Crippen LogP contribution < -0.4 is 5.32 Å². The predicted molar refractivity (Wildman–Crippen MR) is 92.5 cm³/mol. The van der Waals surface area contributed by atoms with E-state index in [0.29, 0.717) is 32.2 Å². The third kappa shape index (κ3) is 3.76. The van der Waals surface area contributed by atoms with Gasteiger partial charge in [0, 0.05) is 44.2 Å². The molecule has 0 radical (unpaired) electrons. The van der Waals surface area contributed by atoms with Gasteiger partial charge in [0.1, 0.15) is 0 Å². The Morgan fingerprint density at radius 1 is 1.21 bits per heavy atom. The Labute approximate surface area is 145 Å². The van der Waals surface area contributed by atoms with Crippen molar-refractivity contribution in [1.82, 2.24) is 10.2 Å². The zero-order valence-corrected chi connectivity index (χ0v) is 15.0. The van der Waals surface area contributed by atoms with Crippen LogP contribution in [-0.2, 0) is 14.3 Å². The molecule has 5 heteroatoms. The summed E-state index contributed by atoms with van der Waals surface area (Å²) >= 11 is 0. The van der Waals surface area contributed by atoms with Crippen molar-refractivity contribution in [3.05, 3.63) is 0 Å². The number of nitrogens with zero attached hydrogens (tertiary/aromatic N) is 1. The van der Waals surface area contributed by atoms with Crippen LogP contribution in [0, 0.1) is 11.3 Å². The highest BCUT2D eigenvalue weighted by Gasteiger charge is 2.51. The molecule has 2 aliphatic heterocycles. The molecular weight excluding hydrogens is 304 g/mol. The van der Waals surface area contributed by atoms with Crippen molar-refractivity contribution in [3.63, 3.8) is 0 Å². The van der Waals surface area contributed by atoms with Crippen LogP contribution in [-0.4, -0.2) is 49.1 Å². The molecule has 2 heterocycles. The fourth-order valence-corrected chi connectivity index (χ4v) is 4.66. The van der Waals surface area contributed by atoms with E-state index in [1.54, 1.807) is 0 Å². The number of nitrogens with one attached hydrogen (secondary N) is 1. The van der Waals surface area contributed by atoms with Gasteiger partial charge in [0.25, 0.3) is 0 Å². The maximum Gasteiger partial charge on any atom is 0.225 e. The third-order valence-electron chi connectivity index (χ3n) is 6.25. The number of rotatable bonds is 5. The molecule has 0 aromatic rings. The van der Waals surface area contributed by atoms with Crippen molar-refractivity contribution >= 4 is 11.8 Å². The molecule has 3 aliphatic rings. The molecule has 0 bridgehead atoms. The molecule has 136 valence electrons. The lowest BCUT2D eigenvalue weighted by Crippen LogP contribution is -2.46. The lowest BCUT2D eigenvalue weighted by atomic mass is 9.71. The van der Waals surface area contributed by atoms with Crippen molar-refractivity contribution in [3.8, 4) is 0 Å². The van der Waals surface area contributed by atoms with E-state index in [0.717, 1.165) is 45.1 Å². The largest absolute Gasteiger partial charge is 0.381 e. The topological polar surface area (TPSA) is 58.6 Å². The molecule has 24 heavy (non-hydrogen) atoms. The summed E-state index contributed by atoms with van der Waals surface area (Å²) in [5.41, 5.74) is -0.0667. The lowest BCUT2D eigenvalue weighted by molar-refractivity contribution is -0.131. The molecule has 1 unspecified atom stereocenters. The number of ether oxygens (including phenoxy) is 1. The molecule has 1 saturated carbocycles. The zero-order chi connectivity index (χ0) is 17.0. The first-order chi connectivity index (χ1) is 11.6. The average molecular weight is 336 g/mol. The van der Waals surface area contributed by atoms with E-state index in [1.807, 2.05) is 4.90 Å². The summed E-state index contributed by atoms with van der Waals surface area (Å²) in [7, 11) is 0. The quantitative estimate of drug-likeness (QED) is 0.839. The average Bonchev–Trinajstić information content (AvgIpc) is 3.21. The van der Waals surface area contributed by atoms with E-state index in [4.69, 9.17) is 4.74 Å². The van der Waals surface area contributed by atoms with Crippen LogP contribution in [0.25, 0.3) is 0 Å². The minimum Gasteiger partial charge on any atom is -0.381 e. The zero-order valence-electron chi connectivity index (χ0n) is 15.0. The molecule has 5 nitrogen and oxygen atoms in total. The number of amides is 2. The highest BCUT2D eigenvalue weighted by Crippen LogP contribution is 2.44. The molecule has 0 aromatic heterocycles. The van der Waals surface area contributed by atoms with Gasteiger partial charge < -0.3 is 15.0 Å². The highest BCUT2D eigenvalue weighted by atomic mass is 16.5. The second-order valence-corrected chi connectivity index (χ2v) is 7.90. The van der Waals surface area contributed by atoms with Crippen molar-refractivity contribution in [2.45, 2.75) is 70.8 Å². The van der Waals surface area contributed by atoms with Gasteiger partial charge in [0.2, 0.25) is 11.8 Å². The Bertz CT molecular complexity index is 454. The van der Waals surface area contributed by atoms with E-state index in [9.17, 15) is 9.59 Å². The van der Waals surface area contributed by atoms with Crippen molar-refractivity contribution in [2.75, 3.05) is 26.3 Å². The first-order valence-electron chi connectivity index (χ1n) is 9.80. The minimum atomic E-state index is -0.0667. The molecule has 1 aliphatic carbocycles. The van der Waals surface area contributed by atoms with Gasteiger partial charge in [-0.25, -0.2) is 0 Å². The smallest absolute Gasteiger partial charge is 0.225 e. The van der Waals surface area contributed by atoms with Crippen LogP contribution in [0.1, 0.15) is 64.7 Å². The first kappa shape index (κ1) is 17.7. The second-order valence-electron chi connectivity index (χ2n) is 7.90. The summed E-state index contributed by atoms with van der Waals surface area (Å²) in [6, 6.07) is 0.347. The van der Waals surface area contributed by atoms with Gasteiger partial charge in [0.15, 0.2) is 0 Å². The molecule has 1 spiro atoms. The standard InChI is InChI=1S/C19H32N2O3/c1-2-3-8-17(22)21-13-16(18(23)20-15-6-4-5-7-15)19(14-21)9-11-24-12-10-19/h15-16H,2-14H2,1H3,(H,20,23). The van der Waals surface area contributed by atoms with Crippen LogP contribution in [0.3, 0.4) is 0 Å². The molecule has 0 aromatic carbocycles. The van der Waals surface area contributed by atoms with Gasteiger partial charge >= 0.3 is 0 Å². The summed E-state index contributed by atoms with van der Waals surface area (Å²) in [4.78, 5) is 27.4. The predicted octanol–water partition coefficient (Wildman–Crippen LogP) is 2.49. The number of carbonyl (C=O) groups is 2. The van der Waals surface area contributed by atoms with E-state index >= 15 is 0 Å². The summed E-state index contributed by atoms with van der Waals surface area (Å²) in [5, 5.41) is 3.28. The Morgan fingerprint density at radius 2 is 1.92 bits per heavy atom. The van der Waals surface area contributed by atoms with Crippen LogP contribution in [0.15, 0.2) is 0 Å². The maximum atomic E-state index is 13.0. The van der Waals surface area contributed by atoms with Crippen LogP contribution in [0.4, 0.5) is 0 Å². The number of hydrogen-bond acceptors (Lipinski definition) is 3. The number of carbonyl (C=O) groups excluding carboxylic acids is 2. The SMILES string of the molecule is CCCCC(=O)N1CC(C(=O)NC2CCCC2)C2(CCOCC2)C1. The van der Waals surface area contributed by atoms with Crippen LogP contribution in [0.5, 0.6) is 0 Å². The van der Waals surface area contributed by atoms with Gasteiger partial charge in [-0.2, -0.15) is 0 Å². The van der Waals surface area contributed by atoms with Gasteiger partial charge in [-0.05, 0) is 32.1 Å². The second kappa shape index (κ2) is 7.85. The summed E-state index contributed by atoms with van der Waals surface area (Å²) in [5.74, 6) is 0.334. The van der Waals surface area contributed by atoms with Crippen LogP contribution in [0.2, 0.25) is 0 Å². The highest BCUT2D eigenvalue weighted by molar-refractivity contribution is 5.83. The minimum absolute atomic E-state index is 0.0624. The number of unbranched alkanes of at least 4 members (excludes halogenated alkanes) is 1. The van der Waals surface area contributed by atoms with E-state index in [2.05, 4.69) is 12.2 Å². The molecule has 1 atom stereocenters. The molecule has 2 amide bonds. The van der Waals surface area contributed by atoms with Crippen LogP contribution >= 0.6 is 0 Å². The summed E-state index contributed by atoms with van der Waals surface area (Å²) in [6.07, 6.45) is 9.02. The Kier molecular flexibility index (Phi) is 5.80. The molecule has 3 fully saturated rings. The first-order valence-corrected chi connectivity index (χ1v) is 9.80. The van der Waals surface area contributed by atoms with Crippen molar-refractivity contribution < 1.29 is 14.3 Å². The van der Waals surface area contributed by atoms with Gasteiger partial charge in [0.05, 0.1) is 5.92 Å². The third-order valence-corrected chi connectivity index (χ3v) is 6.25. The monoisotopic (exact) mass is 336 g/mol. The van der Waals surface area contributed by atoms with Gasteiger partial charge in [-0.15, -0.1) is 0 Å². The Balaban J connectivity index is 1.68.